The van der Waals surface area contributed by atoms with Crippen molar-refractivity contribution in [2.24, 2.45) is 0 Å². The lowest BCUT2D eigenvalue weighted by Gasteiger charge is -1.85. The van der Waals surface area contributed by atoms with Gasteiger partial charge in [0.1, 0.15) is 5.01 Å². The number of nitrogens with zero attached hydrogens (tertiary/aromatic N) is 1. The van der Waals surface area contributed by atoms with E-state index in [1.54, 1.807) is 11.3 Å². The topological polar surface area (TPSA) is 33.1 Å². The summed E-state index contributed by atoms with van der Waals surface area (Å²) in [4.78, 5) is 4.26. The molecule has 0 saturated heterocycles. The highest BCUT2D eigenvalue weighted by Gasteiger charge is 2.25. The normalized spacial score (nSPS) is 17.7. The SMILES string of the molecule is OCc1nc(C2CC2)cs1. The van der Waals surface area contributed by atoms with Gasteiger partial charge in [0.2, 0.25) is 0 Å². The summed E-state index contributed by atoms with van der Waals surface area (Å²) in [6, 6.07) is 0. The molecule has 0 atom stereocenters. The summed E-state index contributed by atoms with van der Waals surface area (Å²) in [7, 11) is 0. The number of hydrogen-bond donors (Lipinski definition) is 1. The van der Waals surface area contributed by atoms with Crippen LogP contribution in [0.2, 0.25) is 0 Å². The van der Waals surface area contributed by atoms with Crippen LogP contribution in [0.1, 0.15) is 29.5 Å². The Hall–Kier alpha value is -0.410. The third kappa shape index (κ3) is 1.07. The molecule has 2 rings (SSSR count). The summed E-state index contributed by atoms with van der Waals surface area (Å²) in [5.74, 6) is 0.719. The number of aliphatic hydroxyl groups excluding tert-OH is 1. The van der Waals surface area contributed by atoms with E-state index in [1.165, 1.54) is 18.5 Å². The van der Waals surface area contributed by atoms with Crippen LogP contribution >= 0.6 is 11.3 Å². The van der Waals surface area contributed by atoms with Crippen molar-refractivity contribution in [3.63, 3.8) is 0 Å². The first-order valence-corrected chi connectivity index (χ1v) is 4.33. The predicted molar refractivity (Wildman–Crippen MR) is 40.0 cm³/mol. The average Bonchev–Trinajstić information content (AvgIpc) is 2.70. The maximum Gasteiger partial charge on any atom is 0.118 e. The fourth-order valence-electron chi connectivity index (χ4n) is 0.964. The van der Waals surface area contributed by atoms with Crippen molar-refractivity contribution < 1.29 is 5.11 Å². The Morgan fingerprint density at radius 1 is 1.70 bits per heavy atom. The molecule has 1 saturated carbocycles. The van der Waals surface area contributed by atoms with Gasteiger partial charge in [-0.05, 0) is 12.8 Å². The Kier molecular flexibility index (Phi) is 1.47. The van der Waals surface area contributed by atoms with E-state index >= 15 is 0 Å². The van der Waals surface area contributed by atoms with E-state index in [9.17, 15) is 0 Å². The second-order valence-electron chi connectivity index (χ2n) is 2.60. The van der Waals surface area contributed by atoms with Gasteiger partial charge in [-0.1, -0.05) is 0 Å². The Balaban J connectivity index is 2.19. The van der Waals surface area contributed by atoms with Gasteiger partial charge in [-0.2, -0.15) is 0 Å². The molecule has 0 aromatic carbocycles. The van der Waals surface area contributed by atoms with Gasteiger partial charge in [0.25, 0.3) is 0 Å². The van der Waals surface area contributed by atoms with Gasteiger partial charge in [-0.25, -0.2) is 4.98 Å². The Labute approximate surface area is 63.5 Å². The monoisotopic (exact) mass is 155 g/mol. The highest BCUT2D eigenvalue weighted by Crippen LogP contribution is 2.40. The van der Waals surface area contributed by atoms with E-state index in [2.05, 4.69) is 10.4 Å². The van der Waals surface area contributed by atoms with Gasteiger partial charge < -0.3 is 5.11 Å². The molecule has 54 valence electrons. The molecule has 1 heterocycles. The zero-order valence-corrected chi connectivity index (χ0v) is 6.40. The lowest BCUT2D eigenvalue weighted by molar-refractivity contribution is 0.281. The molecule has 2 nitrogen and oxygen atoms in total. The van der Waals surface area contributed by atoms with E-state index < -0.39 is 0 Å². The zero-order valence-electron chi connectivity index (χ0n) is 5.58. The predicted octanol–water partition coefficient (Wildman–Crippen LogP) is 1.51. The van der Waals surface area contributed by atoms with E-state index in [0.29, 0.717) is 0 Å². The van der Waals surface area contributed by atoms with Crippen LogP contribution in [0, 0.1) is 0 Å². The molecule has 0 bridgehead atoms. The number of aliphatic hydroxyl groups is 1. The molecule has 1 aliphatic rings. The minimum absolute atomic E-state index is 0.0946. The smallest absolute Gasteiger partial charge is 0.118 e. The molecule has 0 spiro atoms. The summed E-state index contributed by atoms with van der Waals surface area (Å²) in [6.45, 7) is 0.0946. The van der Waals surface area contributed by atoms with Crippen molar-refractivity contribution in [3.05, 3.63) is 16.1 Å². The Morgan fingerprint density at radius 3 is 3.00 bits per heavy atom. The van der Waals surface area contributed by atoms with E-state index in [-0.39, 0.29) is 6.61 Å². The van der Waals surface area contributed by atoms with Crippen molar-refractivity contribution in [1.29, 1.82) is 0 Å². The molecule has 1 aromatic heterocycles. The molecular formula is C7H9NOS. The highest BCUT2D eigenvalue weighted by atomic mass is 32.1. The van der Waals surface area contributed by atoms with E-state index in [0.717, 1.165) is 10.9 Å². The lowest BCUT2D eigenvalue weighted by atomic mass is 10.3. The summed E-state index contributed by atoms with van der Waals surface area (Å²) in [5.41, 5.74) is 1.19. The van der Waals surface area contributed by atoms with Crippen LogP contribution in [-0.2, 0) is 6.61 Å². The maximum atomic E-state index is 8.70. The summed E-state index contributed by atoms with van der Waals surface area (Å²) < 4.78 is 0. The van der Waals surface area contributed by atoms with Gasteiger partial charge in [0.05, 0.1) is 12.3 Å². The first kappa shape index (κ1) is 6.31. The molecule has 0 amide bonds. The molecule has 1 N–H and O–H groups in total. The van der Waals surface area contributed by atoms with Crippen LogP contribution < -0.4 is 0 Å². The molecule has 0 aliphatic heterocycles. The van der Waals surface area contributed by atoms with Crippen molar-refractivity contribution in [2.45, 2.75) is 25.4 Å². The van der Waals surface area contributed by atoms with Crippen molar-refractivity contribution in [3.8, 4) is 0 Å². The van der Waals surface area contributed by atoms with E-state index in [1.807, 2.05) is 0 Å². The Bertz CT molecular complexity index is 229. The zero-order chi connectivity index (χ0) is 6.97. The first-order chi connectivity index (χ1) is 4.90. The third-order valence-corrected chi connectivity index (χ3v) is 2.55. The molecule has 1 aliphatic carbocycles. The molecule has 1 fully saturated rings. The summed E-state index contributed by atoms with van der Waals surface area (Å²) in [6.07, 6.45) is 2.57. The Morgan fingerprint density at radius 2 is 2.50 bits per heavy atom. The van der Waals surface area contributed by atoms with Gasteiger partial charge in [-0.15, -0.1) is 11.3 Å². The average molecular weight is 155 g/mol. The van der Waals surface area contributed by atoms with Crippen LogP contribution in [0.5, 0.6) is 0 Å². The minimum atomic E-state index is 0.0946. The molecule has 0 unspecified atom stereocenters. The van der Waals surface area contributed by atoms with Crippen molar-refractivity contribution >= 4 is 11.3 Å². The van der Waals surface area contributed by atoms with E-state index in [4.69, 9.17) is 5.11 Å². The lowest BCUT2D eigenvalue weighted by Crippen LogP contribution is -1.82. The van der Waals surface area contributed by atoms with Crippen molar-refractivity contribution in [1.82, 2.24) is 4.98 Å². The molecule has 0 radical (unpaired) electrons. The largest absolute Gasteiger partial charge is 0.389 e. The fraction of sp³-hybridized carbons (Fsp3) is 0.571. The minimum Gasteiger partial charge on any atom is -0.389 e. The molecule has 3 heteroatoms. The van der Waals surface area contributed by atoms with Gasteiger partial charge >= 0.3 is 0 Å². The number of aromatic nitrogens is 1. The summed E-state index contributed by atoms with van der Waals surface area (Å²) in [5, 5.41) is 11.6. The quantitative estimate of drug-likeness (QED) is 0.702. The number of hydrogen-bond acceptors (Lipinski definition) is 3. The van der Waals surface area contributed by atoms with Gasteiger partial charge in [-0.3, -0.25) is 0 Å². The molecule has 1 aromatic rings. The standard InChI is InChI=1S/C7H9NOS/c9-3-7-8-6(4-10-7)5-1-2-5/h4-5,9H,1-3H2. The first-order valence-electron chi connectivity index (χ1n) is 3.45. The van der Waals surface area contributed by atoms with Crippen LogP contribution in [0.3, 0.4) is 0 Å². The highest BCUT2D eigenvalue weighted by molar-refractivity contribution is 7.09. The molecule has 10 heavy (non-hydrogen) atoms. The molecular weight excluding hydrogens is 146 g/mol. The van der Waals surface area contributed by atoms with Crippen molar-refractivity contribution in [2.75, 3.05) is 0 Å². The summed E-state index contributed by atoms with van der Waals surface area (Å²) >= 11 is 1.56. The van der Waals surface area contributed by atoms with Crippen LogP contribution in [0.4, 0.5) is 0 Å². The number of thiazole rings is 1. The fourth-order valence-corrected chi connectivity index (χ4v) is 1.70. The van der Waals surface area contributed by atoms with Gasteiger partial charge in [0, 0.05) is 11.3 Å². The maximum absolute atomic E-state index is 8.70. The van der Waals surface area contributed by atoms with Gasteiger partial charge in [0.15, 0.2) is 0 Å². The van der Waals surface area contributed by atoms with Crippen LogP contribution in [0.25, 0.3) is 0 Å². The second-order valence-corrected chi connectivity index (χ2v) is 3.54. The van der Waals surface area contributed by atoms with Crippen LogP contribution in [-0.4, -0.2) is 10.1 Å². The second kappa shape index (κ2) is 2.32. The van der Waals surface area contributed by atoms with Crippen LogP contribution in [0.15, 0.2) is 5.38 Å². The number of rotatable bonds is 2. The third-order valence-electron chi connectivity index (χ3n) is 1.70.